The molecule has 0 fully saturated rings. The van der Waals surface area contributed by atoms with E-state index in [1.165, 1.54) is 31.4 Å². The van der Waals surface area contributed by atoms with E-state index in [9.17, 15) is 4.79 Å². The van der Waals surface area contributed by atoms with Crippen molar-refractivity contribution < 1.29 is 9.53 Å². The third kappa shape index (κ3) is 6.42. The SMILES string of the molecule is CCCCN(CCCC)c1ccc(C(=O)c2ccc(OCCC)cc2)cc1. The summed E-state index contributed by atoms with van der Waals surface area (Å²) in [5.41, 5.74) is 2.63. The van der Waals surface area contributed by atoms with Crippen molar-refractivity contribution in [1.29, 1.82) is 0 Å². The van der Waals surface area contributed by atoms with Gasteiger partial charge < -0.3 is 9.64 Å². The fourth-order valence-corrected chi connectivity index (χ4v) is 2.98. The van der Waals surface area contributed by atoms with E-state index in [1.807, 2.05) is 36.4 Å². The van der Waals surface area contributed by atoms with Crippen LogP contribution in [-0.2, 0) is 0 Å². The number of hydrogen-bond donors (Lipinski definition) is 0. The fourth-order valence-electron chi connectivity index (χ4n) is 2.98. The fraction of sp³-hybridized carbons (Fsp3) is 0.458. The minimum atomic E-state index is 0.0530. The number of ketones is 1. The Kier molecular flexibility index (Phi) is 8.90. The summed E-state index contributed by atoms with van der Waals surface area (Å²) in [4.78, 5) is 15.2. The molecule has 2 aromatic carbocycles. The normalized spacial score (nSPS) is 10.6. The standard InChI is InChI=1S/C24H33NO2/c1-4-7-17-25(18-8-5-2)22-13-9-20(10-14-22)24(26)21-11-15-23(16-12-21)27-19-6-3/h9-16H,4-8,17-19H2,1-3H3. The molecule has 0 aliphatic carbocycles. The Morgan fingerprint density at radius 2 is 1.30 bits per heavy atom. The highest BCUT2D eigenvalue weighted by Crippen LogP contribution is 2.20. The van der Waals surface area contributed by atoms with Crippen LogP contribution in [0.1, 0.15) is 68.8 Å². The predicted octanol–water partition coefficient (Wildman–Crippen LogP) is 6.11. The minimum Gasteiger partial charge on any atom is -0.494 e. The van der Waals surface area contributed by atoms with E-state index in [-0.39, 0.29) is 5.78 Å². The first-order valence-corrected chi connectivity index (χ1v) is 10.3. The molecule has 146 valence electrons. The second-order valence-electron chi connectivity index (χ2n) is 6.94. The van der Waals surface area contributed by atoms with Gasteiger partial charge in [-0.1, -0.05) is 33.6 Å². The third-order valence-corrected chi connectivity index (χ3v) is 4.65. The number of ether oxygens (including phenoxy) is 1. The van der Waals surface area contributed by atoms with Gasteiger partial charge in [-0.3, -0.25) is 4.79 Å². The molecule has 0 atom stereocenters. The zero-order chi connectivity index (χ0) is 19.5. The van der Waals surface area contributed by atoms with Crippen LogP contribution >= 0.6 is 0 Å². The maximum absolute atomic E-state index is 12.7. The number of carbonyl (C=O) groups is 1. The van der Waals surface area contributed by atoms with Gasteiger partial charge in [0.2, 0.25) is 0 Å². The van der Waals surface area contributed by atoms with Crippen LogP contribution in [0, 0.1) is 0 Å². The molecular formula is C24H33NO2. The van der Waals surface area contributed by atoms with Crippen LogP contribution in [0.15, 0.2) is 48.5 Å². The minimum absolute atomic E-state index is 0.0530. The van der Waals surface area contributed by atoms with Gasteiger partial charge >= 0.3 is 0 Å². The van der Waals surface area contributed by atoms with Crippen LogP contribution in [0.5, 0.6) is 5.75 Å². The molecule has 2 aromatic rings. The van der Waals surface area contributed by atoms with E-state index in [1.54, 1.807) is 0 Å². The zero-order valence-corrected chi connectivity index (χ0v) is 17.0. The number of hydrogen-bond acceptors (Lipinski definition) is 3. The number of unbranched alkanes of at least 4 members (excludes halogenated alkanes) is 2. The summed E-state index contributed by atoms with van der Waals surface area (Å²) in [6, 6.07) is 15.5. The first-order valence-electron chi connectivity index (χ1n) is 10.3. The predicted molar refractivity (Wildman–Crippen MR) is 114 cm³/mol. The molecule has 0 radical (unpaired) electrons. The Bertz CT molecular complexity index is 669. The maximum atomic E-state index is 12.7. The smallest absolute Gasteiger partial charge is 0.193 e. The van der Waals surface area contributed by atoms with Crippen LogP contribution < -0.4 is 9.64 Å². The molecule has 0 aliphatic heterocycles. The maximum Gasteiger partial charge on any atom is 0.193 e. The van der Waals surface area contributed by atoms with Crippen molar-refractivity contribution in [1.82, 2.24) is 0 Å². The number of nitrogens with zero attached hydrogens (tertiary/aromatic N) is 1. The lowest BCUT2D eigenvalue weighted by Crippen LogP contribution is -2.25. The topological polar surface area (TPSA) is 29.5 Å². The van der Waals surface area contributed by atoms with Crippen molar-refractivity contribution in [3.63, 3.8) is 0 Å². The highest BCUT2D eigenvalue weighted by molar-refractivity contribution is 6.09. The average molecular weight is 368 g/mol. The Balaban J connectivity index is 2.06. The van der Waals surface area contributed by atoms with E-state index < -0.39 is 0 Å². The molecule has 0 bridgehead atoms. The van der Waals surface area contributed by atoms with Gasteiger partial charge in [-0.25, -0.2) is 0 Å². The number of rotatable bonds is 12. The molecule has 27 heavy (non-hydrogen) atoms. The van der Waals surface area contributed by atoms with Gasteiger partial charge in [0.25, 0.3) is 0 Å². The lowest BCUT2D eigenvalue weighted by Gasteiger charge is -2.24. The number of anilines is 1. The summed E-state index contributed by atoms with van der Waals surface area (Å²) < 4.78 is 5.59. The Hall–Kier alpha value is -2.29. The van der Waals surface area contributed by atoms with E-state index in [4.69, 9.17) is 4.74 Å². The lowest BCUT2D eigenvalue weighted by atomic mass is 10.0. The molecule has 3 heteroatoms. The molecule has 0 N–H and O–H groups in total. The summed E-state index contributed by atoms with van der Waals surface area (Å²) in [6.07, 6.45) is 5.74. The van der Waals surface area contributed by atoms with Gasteiger partial charge in [0, 0.05) is 29.9 Å². The summed E-state index contributed by atoms with van der Waals surface area (Å²) in [6.45, 7) is 9.36. The molecule has 0 unspecified atom stereocenters. The number of benzene rings is 2. The van der Waals surface area contributed by atoms with Crippen molar-refractivity contribution in [2.75, 3.05) is 24.6 Å². The van der Waals surface area contributed by atoms with Crippen molar-refractivity contribution in [3.8, 4) is 5.75 Å². The van der Waals surface area contributed by atoms with Gasteiger partial charge in [-0.15, -0.1) is 0 Å². The first-order chi connectivity index (χ1) is 13.2. The summed E-state index contributed by atoms with van der Waals surface area (Å²) in [5.74, 6) is 0.864. The van der Waals surface area contributed by atoms with Crippen molar-refractivity contribution >= 4 is 11.5 Å². The molecule has 0 heterocycles. The van der Waals surface area contributed by atoms with Gasteiger partial charge in [0.1, 0.15) is 5.75 Å². The number of carbonyl (C=O) groups excluding carboxylic acids is 1. The van der Waals surface area contributed by atoms with E-state index in [2.05, 4.69) is 37.8 Å². The van der Waals surface area contributed by atoms with Crippen molar-refractivity contribution in [2.24, 2.45) is 0 Å². The molecule has 3 nitrogen and oxygen atoms in total. The zero-order valence-electron chi connectivity index (χ0n) is 17.0. The second kappa shape index (κ2) is 11.4. The largest absolute Gasteiger partial charge is 0.494 e. The van der Waals surface area contributed by atoms with E-state index in [0.717, 1.165) is 30.8 Å². The van der Waals surface area contributed by atoms with Crippen molar-refractivity contribution in [2.45, 2.75) is 52.9 Å². The summed E-state index contributed by atoms with van der Waals surface area (Å²) in [7, 11) is 0. The van der Waals surface area contributed by atoms with Gasteiger partial charge in [-0.05, 0) is 67.8 Å². The van der Waals surface area contributed by atoms with Crippen LogP contribution in [0.4, 0.5) is 5.69 Å². The molecule has 2 rings (SSSR count). The van der Waals surface area contributed by atoms with Gasteiger partial charge in [0.15, 0.2) is 5.78 Å². The molecular weight excluding hydrogens is 334 g/mol. The molecule has 0 aliphatic rings. The highest BCUT2D eigenvalue weighted by Gasteiger charge is 2.11. The highest BCUT2D eigenvalue weighted by atomic mass is 16.5. The first kappa shape index (κ1) is 21.0. The third-order valence-electron chi connectivity index (χ3n) is 4.65. The Labute approximate surface area is 164 Å². The lowest BCUT2D eigenvalue weighted by molar-refractivity contribution is 0.103. The monoisotopic (exact) mass is 367 g/mol. The molecule has 0 saturated heterocycles. The summed E-state index contributed by atoms with van der Waals surface area (Å²) in [5, 5.41) is 0. The van der Waals surface area contributed by atoms with Crippen LogP contribution in [0.25, 0.3) is 0 Å². The Morgan fingerprint density at radius 1 is 0.778 bits per heavy atom. The molecule has 0 saturated carbocycles. The van der Waals surface area contributed by atoms with E-state index in [0.29, 0.717) is 12.2 Å². The second-order valence-corrected chi connectivity index (χ2v) is 6.94. The summed E-state index contributed by atoms with van der Waals surface area (Å²) >= 11 is 0. The van der Waals surface area contributed by atoms with Crippen LogP contribution in [-0.4, -0.2) is 25.5 Å². The Morgan fingerprint density at radius 3 is 1.78 bits per heavy atom. The molecule has 0 aromatic heterocycles. The quantitative estimate of drug-likeness (QED) is 0.424. The van der Waals surface area contributed by atoms with Gasteiger partial charge in [-0.2, -0.15) is 0 Å². The average Bonchev–Trinajstić information content (AvgIpc) is 2.72. The molecule has 0 amide bonds. The van der Waals surface area contributed by atoms with Gasteiger partial charge in [0.05, 0.1) is 6.61 Å². The van der Waals surface area contributed by atoms with Crippen LogP contribution in [0.2, 0.25) is 0 Å². The van der Waals surface area contributed by atoms with E-state index >= 15 is 0 Å². The van der Waals surface area contributed by atoms with Crippen LogP contribution in [0.3, 0.4) is 0 Å². The molecule has 0 spiro atoms. The van der Waals surface area contributed by atoms with Crippen molar-refractivity contribution in [3.05, 3.63) is 59.7 Å².